The van der Waals surface area contributed by atoms with Gasteiger partial charge in [-0.15, -0.1) is 0 Å². The van der Waals surface area contributed by atoms with Crippen LogP contribution in [-0.4, -0.2) is 0 Å². The van der Waals surface area contributed by atoms with Gasteiger partial charge in [-0.25, -0.2) is 0 Å². The molecular formula is C65H47N. The first-order valence-electron chi connectivity index (χ1n) is 23.0. The molecule has 0 bridgehead atoms. The highest BCUT2D eigenvalue weighted by Gasteiger charge is 2.36. The van der Waals surface area contributed by atoms with E-state index in [0.29, 0.717) is 0 Å². The second kappa shape index (κ2) is 16.1. The Balaban J connectivity index is 1.04. The maximum Gasteiger partial charge on any atom is 0.0625 e. The molecule has 0 N–H and O–H groups in total. The molecule has 0 saturated heterocycles. The maximum atomic E-state index is 2.54. The van der Waals surface area contributed by atoms with Crippen LogP contribution in [0.15, 0.2) is 249 Å². The van der Waals surface area contributed by atoms with Gasteiger partial charge in [-0.05, 0) is 113 Å². The van der Waals surface area contributed by atoms with Crippen LogP contribution in [0.3, 0.4) is 0 Å². The van der Waals surface area contributed by atoms with E-state index in [1.54, 1.807) is 0 Å². The van der Waals surface area contributed by atoms with Crippen molar-refractivity contribution in [2.75, 3.05) is 4.90 Å². The molecule has 0 unspecified atom stereocenters. The zero-order valence-corrected chi connectivity index (χ0v) is 37.1. The summed E-state index contributed by atoms with van der Waals surface area (Å²) in [5, 5.41) is 4.90. The van der Waals surface area contributed by atoms with Crippen LogP contribution in [0.5, 0.6) is 0 Å². The predicted molar refractivity (Wildman–Crippen MR) is 281 cm³/mol. The number of fused-ring (bicyclic) bond motifs is 6. The monoisotopic (exact) mass is 841 g/mol. The van der Waals surface area contributed by atoms with Crippen LogP contribution in [0.2, 0.25) is 0 Å². The van der Waals surface area contributed by atoms with E-state index in [1.165, 1.54) is 99.4 Å². The van der Waals surface area contributed by atoms with Crippen LogP contribution >= 0.6 is 0 Å². The summed E-state index contributed by atoms with van der Waals surface area (Å²) in [4.78, 5) is 2.54. The highest BCUT2D eigenvalue weighted by Crippen LogP contribution is 2.54. The van der Waals surface area contributed by atoms with Crippen molar-refractivity contribution >= 4 is 38.6 Å². The molecule has 0 saturated carbocycles. The van der Waals surface area contributed by atoms with Crippen LogP contribution in [0.25, 0.3) is 88.3 Å². The van der Waals surface area contributed by atoms with Crippen LogP contribution in [-0.2, 0) is 5.41 Å². The van der Waals surface area contributed by atoms with Gasteiger partial charge in [0.05, 0.1) is 5.69 Å². The van der Waals surface area contributed by atoms with Crippen molar-refractivity contribution in [1.29, 1.82) is 0 Å². The fourth-order valence-corrected chi connectivity index (χ4v) is 10.6. The van der Waals surface area contributed by atoms with Crippen LogP contribution in [0.4, 0.5) is 17.1 Å². The van der Waals surface area contributed by atoms with E-state index in [1.807, 2.05) is 0 Å². The first-order valence-corrected chi connectivity index (χ1v) is 23.0. The average molecular weight is 842 g/mol. The minimum atomic E-state index is -0.165. The van der Waals surface area contributed by atoms with Gasteiger partial charge in [0, 0.05) is 27.7 Å². The summed E-state index contributed by atoms with van der Waals surface area (Å²) >= 11 is 0. The van der Waals surface area contributed by atoms with Gasteiger partial charge < -0.3 is 4.90 Å². The fraction of sp³-hybridized carbons (Fsp3) is 0.0462. The molecule has 0 radical (unpaired) electrons. The Morgan fingerprint density at radius 2 is 0.667 bits per heavy atom. The molecule has 1 aliphatic carbocycles. The molecule has 0 atom stereocenters. The van der Waals surface area contributed by atoms with Crippen molar-refractivity contribution in [3.05, 3.63) is 260 Å². The third-order valence-corrected chi connectivity index (χ3v) is 13.9. The van der Waals surface area contributed by atoms with Gasteiger partial charge in [0.2, 0.25) is 0 Å². The topological polar surface area (TPSA) is 3.24 Å². The molecule has 312 valence electrons. The van der Waals surface area contributed by atoms with E-state index in [4.69, 9.17) is 0 Å². The van der Waals surface area contributed by atoms with Crippen LogP contribution < -0.4 is 4.90 Å². The molecule has 11 aromatic carbocycles. The minimum Gasteiger partial charge on any atom is -0.309 e. The molecule has 11 aromatic rings. The number of benzene rings is 11. The normalized spacial score (nSPS) is 12.5. The lowest BCUT2D eigenvalue weighted by atomic mass is 9.82. The second-order valence-electron chi connectivity index (χ2n) is 18.0. The average Bonchev–Trinajstić information content (AvgIpc) is 3.62. The fourth-order valence-electron chi connectivity index (χ4n) is 10.6. The van der Waals surface area contributed by atoms with Crippen LogP contribution in [0.1, 0.15) is 25.0 Å². The molecule has 0 amide bonds. The lowest BCUT2D eigenvalue weighted by Gasteiger charge is -2.32. The Morgan fingerprint density at radius 1 is 0.273 bits per heavy atom. The molecule has 66 heavy (non-hydrogen) atoms. The molecule has 1 nitrogen and oxygen atoms in total. The number of anilines is 3. The van der Waals surface area contributed by atoms with E-state index in [9.17, 15) is 0 Å². The molecule has 0 aliphatic heterocycles. The summed E-state index contributed by atoms with van der Waals surface area (Å²) < 4.78 is 0. The smallest absolute Gasteiger partial charge is 0.0625 e. The molecular weight excluding hydrogens is 795 g/mol. The first kappa shape index (κ1) is 39.3. The summed E-state index contributed by atoms with van der Waals surface area (Å²) in [5.41, 5.74) is 20.6. The molecule has 12 rings (SSSR count). The zero-order chi connectivity index (χ0) is 44.2. The van der Waals surface area contributed by atoms with E-state index in [0.717, 1.165) is 17.1 Å². The Kier molecular flexibility index (Phi) is 9.58. The summed E-state index contributed by atoms with van der Waals surface area (Å²) in [6, 6.07) is 91.5. The Hall–Kier alpha value is -8.26. The van der Waals surface area contributed by atoms with Crippen molar-refractivity contribution in [2.24, 2.45) is 0 Å². The van der Waals surface area contributed by atoms with E-state index < -0.39 is 0 Å². The van der Waals surface area contributed by atoms with Crippen LogP contribution in [0, 0.1) is 0 Å². The lowest BCUT2D eigenvalue weighted by molar-refractivity contribution is 0.660. The van der Waals surface area contributed by atoms with Gasteiger partial charge in [0.1, 0.15) is 0 Å². The standard InChI is InChI=1S/C65H47N/c1-65(2)61-28-16-15-24-56(61)57-42-41-52(43-62(57)65)66(51-39-37-49(38-40-51)48-35-33-47(34-36-48)46-31-29-45(30-32-46)44-17-5-3-6-18-44)64-60-27-14-11-23-55(60)54-22-10-13-26-59(54)63(64)58-25-12-9-21-53(58)50-19-7-4-8-20-50/h3-43H,1-2H3. The number of rotatable bonds is 8. The van der Waals surface area contributed by atoms with E-state index in [-0.39, 0.29) is 5.41 Å². The Morgan fingerprint density at radius 3 is 1.26 bits per heavy atom. The summed E-state index contributed by atoms with van der Waals surface area (Å²) in [5.74, 6) is 0. The number of hydrogen-bond acceptors (Lipinski definition) is 1. The Labute approximate surface area is 387 Å². The second-order valence-corrected chi connectivity index (χ2v) is 18.0. The lowest BCUT2D eigenvalue weighted by Crippen LogP contribution is -2.17. The molecule has 0 heterocycles. The maximum absolute atomic E-state index is 2.54. The number of hydrogen-bond donors (Lipinski definition) is 0. The zero-order valence-electron chi connectivity index (χ0n) is 37.1. The largest absolute Gasteiger partial charge is 0.309 e. The quantitative estimate of drug-likeness (QED) is 0.138. The predicted octanol–water partition coefficient (Wildman–Crippen LogP) is 18.1. The Bertz CT molecular complexity index is 3570. The minimum absolute atomic E-state index is 0.165. The van der Waals surface area contributed by atoms with Gasteiger partial charge >= 0.3 is 0 Å². The number of nitrogens with zero attached hydrogens (tertiary/aromatic N) is 1. The first-order chi connectivity index (χ1) is 32.5. The third-order valence-electron chi connectivity index (χ3n) is 13.9. The van der Waals surface area contributed by atoms with Gasteiger partial charge in [0.15, 0.2) is 0 Å². The molecule has 0 fully saturated rings. The van der Waals surface area contributed by atoms with Crippen molar-refractivity contribution in [3.8, 4) is 66.8 Å². The highest BCUT2D eigenvalue weighted by molar-refractivity contribution is 6.23. The van der Waals surface area contributed by atoms with Crippen molar-refractivity contribution < 1.29 is 0 Å². The third kappa shape index (κ3) is 6.63. The van der Waals surface area contributed by atoms with Crippen molar-refractivity contribution in [3.63, 3.8) is 0 Å². The summed E-state index contributed by atoms with van der Waals surface area (Å²) in [6.45, 7) is 4.75. The van der Waals surface area contributed by atoms with Crippen molar-refractivity contribution in [1.82, 2.24) is 0 Å². The summed E-state index contributed by atoms with van der Waals surface area (Å²) in [7, 11) is 0. The molecule has 0 spiro atoms. The highest BCUT2D eigenvalue weighted by atomic mass is 15.1. The summed E-state index contributed by atoms with van der Waals surface area (Å²) in [6.07, 6.45) is 0. The van der Waals surface area contributed by atoms with Crippen molar-refractivity contribution in [2.45, 2.75) is 19.3 Å². The van der Waals surface area contributed by atoms with Gasteiger partial charge in [-0.3, -0.25) is 0 Å². The van der Waals surface area contributed by atoms with Gasteiger partial charge in [-0.2, -0.15) is 0 Å². The molecule has 0 aromatic heterocycles. The van der Waals surface area contributed by atoms with Gasteiger partial charge in [0.25, 0.3) is 0 Å². The van der Waals surface area contributed by atoms with E-state index in [2.05, 4.69) is 267 Å². The molecule has 1 aliphatic rings. The van der Waals surface area contributed by atoms with Gasteiger partial charge in [-0.1, -0.05) is 238 Å². The molecule has 1 heteroatoms. The SMILES string of the molecule is CC1(C)c2ccccc2-c2ccc(N(c3ccc(-c4ccc(-c5ccc(-c6ccccc6)cc5)cc4)cc3)c3c(-c4ccccc4-c4ccccc4)c4ccccc4c4ccccc34)cc21. The van der Waals surface area contributed by atoms with E-state index >= 15 is 0 Å².